The van der Waals surface area contributed by atoms with Crippen molar-refractivity contribution in [3.8, 4) is 5.75 Å². The highest BCUT2D eigenvalue weighted by atomic mass is 16.5. The number of nitrogens with one attached hydrogen (secondary N) is 1. The number of likely N-dealkylation sites (tertiary alicyclic amines) is 1. The number of carbonyl (C=O) groups is 2. The molecule has 1 atom stereocenters. The Labute approximate surface area is 129 Å². The topological polar surface area (TPSA) is 78.9 Å². The molecule has 2 aliphatic rings. The van der Waals surface area contributed by atoms with Crippen molar-refractivity contribution in [2.45, 2.75) is 38.3 Å². The molecule has 0 saturated carbocycles. The average Bonchev–Trinajstić information content (AvgIpc) is 2.95. The molecule has 6 nitrogen and oxygen atoms in total. The van der Waals surface area contributed by atoms with Crippen LogP contribution in [-0.2, 0) is 4.79 Å². The third-order valence-corrected chi connectivity index (χ3v) is 4.20. The van der Waals surface area contributed by atoms with Gasteiger partial charge < -0.3 is 20.1 Å². The molecular weight excluding hydrogens is 284 g/mol. The lowest BCUT2D eigenvalue weighted by atomic mass is 9.96. The maximum absolute atomic E-state index is 12.9. The van der Waals surface area contributed by atoms with Gasteiger partial charge in [0.25, 0.3) is 11.8 Å². The summed E-state index contributed by atoms with van der Waals surface area (Å²) in [7, 11) is 0. The summed E-state index contributed by atoms with van der Waals surface area (Å²) in [6.45, 7) is 3.97. The molecule has 0 bridgehead atoms. The van der Waals surface area contributed by atoms with Gasteiger partial charge in [-0.3, -0.25) is 9.59 Å². The number of para-hydroxylation sites is 1. The summed E-state index contributed by atoms with van der Waals surface area (Å²) >= 11 is 0. The first-order valence-corrected chi connectivity index (χ1v) is 7.47. The van der Waals surface area contributed by atoms with Crippen molar-refractivity contribution < 1.29 is 19.4 Å². The summed E-state index contributed by atoms with van der Waals surface area (Å²) in [6, 6.07) is 4.91. The summed E-state index contributed by atoms with van der Waals surface area (Å²) in [5.41, 5.74) is -0.00875. The number of nitrogens with zero attached hydrogens (tertiary/aromatic N) is 1. The number of benzene rings is 1. The van der Waals surface area contributed by atoms with E-state index in [1.165, 1.54) is 0 Å². The Morgan fingerprint density at radius 2 is 2.23 bits per heavy atom. The fraction of sp³-hybridized carbons (Fsp3) is 0.500. The maximum Gasteiger partial charge on any atom is 0.262 e. The highest BCUT2D eigenvalue weighted by molar-refractivity contribution is 6.03. The van der Waals surface area contributed by atoms with E-state index in [-0.39, 0.29) is 24.5 Å². The molecule has 118 valence electrons. The van der Waals surface area contributed by atoms with Crippen LogP contribution in [0.2, 0.25) is 0 Å². The first-order valence-electron chi connectivity index (χ1n) is 7.47. The molecule has 1 saturated heterocycles. The van der Waals surface area contributed by atoms with Crippen LogP contribution in [0.15, 0.2) is 18.2 Å². The second kappa shape index (κ2) is 5.28. The van der Waals surface area contributed by atoms with Gasteiger partial charge in [-0.2, -0.15) is 0 Å². The van der Waals surface area contributed by atoms with Crippen molar-refractivity contribution in [1.82, 2.24) is 4.90 Å². The van der Waals surface area contributed by atoms with Crippen LogP contribution in [0.4, 0.5) is 5.69 Å². The minimum Gasteiger partial charge on any atom is -0.481 e. The second-order valence-corrected chi connectivity index (χ2v) is 6.33. The quantitative estimate of drug-likeness (QED) is 0.865. The lowest BCUT2D eigenvalue weighted by molar-refractivity contribution is -0.118. The largest absolute Gasteiger partial charge is 0.481 e. The summed E-state index contributed by atoms with van der Waals surface area (Å²) in [5.74, 6) is 0.0127. The van der Waals surface area contributed by atoms with E-state index >= 15 is 0 Å². The molecule has 0 aromatic heterocycles. The van der Waals surface area contributed by atoms with E-state index in [0.717, 1.165) is 12.8 Å². The van der Waals surface area contributed by atoms with E-state index in [1.807, 2.05) is 0 Å². The van der Waals surface area contributed by atoms with Crippen molar-refractivity contribution in [3.63, 3.8) is 0 Å². The first-order chi connectivity index (χ1) is 10.4. The van der Waals surface area contributed by atoms with E-state index in [1.54, 1.807) is 36.9 Å². The average molecular weight is 304 g/mol. The summed E-state index contributed by atoms with van der Waals surface area (Å²) in [4.78, 5) is 26.0. The normalized spacial score (nSPS) is 21.1. The minimum atomic E-state index is -0.948. The Bertz CT molecular complexity index is 621. The first kappa shape index (κ1) is 14.8. The number of aliphatic hydroxyl groups is 1. The Kier molecular flexibility index (Phi) is 3.56. The van der Waals surface area contributed by atoms with Crippen LogP contribution >= 0.6 is 0 Å². The highest BCUT2D eigenvalue weighted by Crippen LogP contribution is 2.35. The van der Waals surface area contributed by atoms with Crippen LogP contribution < -0.4 is 10.1 Å². The number of hydrogen-bond donors (Lipinski definition) is 2. The molecule has 0 spiro atoms. The van der Waals surface area contributed by atoms with Gasteiger partial charge >= 0.3 is 0 Å². The van der Waals surface area contributed by atoms with Crippen molar-refractivity contribution in [2.24, 2.45) is 0 Å². The van der Waals surface area contributed by atoms with Gasteiger partial charge in [-0.15, -0.1) is 0 Å². The van der Waals surface area contributed by atoms with Crippen LogP contribution in [0, 0.1) is 0 Å². The van der Waals surface area contributed by atoms with Crippen LogP contribution in [0.1, 0.15) is 37.0 Å². The molecule has 1 aromatic carbocycles. The Balaban J connectivity index is 1.93. The van der Waals surface area contributed by atoms with Gasteiger partial charge in [0, 0.05) is 6.54 Å². The number of ether oxygens (including phenoxy) is 1. The third kappa shape index (κ3) is 2.54. The van der Waals surface area contributed by atoms with Crippen molar-refractivity contribution >= 4 is 17.5 Å². The number of rotatable bonds is 2. The van der Waals surface area contributed by atoms with Gasteiger partial charge in [0.1, 0.15) is 0 Å². The highest BCUT2D eigenvalue weighted by Gasteiger charge is 2.39. The van der Waals surface area contributed by atoms with Crippen LogP contribution in [-0.4, -0.2) is 46.6 Å². The van der Waals surface area contributed by atoms with Crippen molar-refractivity contribution in [1.29, 1.82) is 0 Å². The third-order valence-electron chi connectivity index (χ3n) is 4.20. The Hall–Kier alpha value is -2.08. The predicted molar refractivity (Wildman–Crippen MR) is 80.9 cm³/mol. The maximum atomic E-state index is 12.9. The van der Waals surface area contributed by atoms with Crippen LogP contribution in [0.3, 0.4) is 0 Å². The molecule has 2 aliphatic heterocycles. The summed E-state index contributed by atoms with van der Waals surface area (Å²) in [5, 5.41) is 13.0. The number of hydrogen-bond acceptors (Lipinski definition) is 4. The number of anilines is 1. The molecule has 2 heterocycles. The molecule has 3 rings (SSSR count). The second-order valence-electron chi connectivity index (χ2n) is 6.33. The van der Waals surface area contributed by atoms with E-state index < -0.39 is 5.60 Å². The molecule has 2 amide bonds. The van der Waals surface area contributed by atoms with Gasteiger partial charge in [0.05, 0.1) is 22.9 Å². The van der Waals surface area contributed by atoms with E-state index in [4.69, 9.17) is 4.74 Å². The van der Waals surface area contributed by atoms with Gasteiger partial charge in [0.2, 0.25) is 0 Å². The van der Waals surface area contributed by atoms with Crippen LogP contribution in [0.25, 0.3) is 0 Å². The lowest BCUT2D eigenvalue weighted by Gasteiger charge is -2.34. The van der Waals surface area contributed by atoms with Gasteiger partial charge in [-0.25, -0.2) is 0 Å². The zero-order valence-electron chi connectivity index (χ0n) is 12.8. The number of amides is 2. The van der Waals surface area contributed by atoms with Crippen LogP contribution in [0.5, 0.6) is 5.75 Å². The van der Waals surface area contributed by atoms with E-state index in [9.17, 15) is 14.7 Å². The molecule has 2 N–H and O–H groups in total. The molecule has 0 radical (unpaired) electrons. The number of carbonyl (C=O) groups excluding carboxylic acids is 2. The minimum absolute atomic E-state index is 0.0911. The number of fused-ring (bicyclic) bond motifs is 1. The van der Waals surface area contributed by atoms with E-state index in [0.29, 0.717) is 23.5 Å². The molecular formula is C16H20N2O4. The zero-order chi connectivity index (χ0) is 15.9. The Morgan fingerprint density at radius 3 is 2.95 bits per heavy atom. The zero-order valence-corrected chi connectivity index (χ0v) is 12.8. The molecule has 1 aromatic rings. The molecule has 22 heavy (non-hydrogen) atoms. The Morgan fingerprint density at radius 1 is 1.45 bits per heavy atom. The van der Waals surface area contributed by atoms with Crippen molar-refractivity contribution in [2.75, 3.05) is 18.5 Å². The standard InChI is InChI=1S/C16H20N2O4/c1-16(2,21)12-7-4-8-18(12)15(20)10-5-3-6-11-14(10)22-9-13(19)17-11/h3,5-6,12,21H,4,7-9H2,1-2H3,(H,17,19). The van der Waals surface area contributed by atoms with Crippen molar-refractivity contribution in [3.05, 3.63) is 23.8 Å². The monoisotopic (exact) mass is 304 g/mol. The van der Waals surface area contributed by atoms with Gasteiger partial charge in [-0.1, -0.05) is 6.07 Å². The van der Waals surface area contributed by atoms with Gasteiger partial charge in [-0.05, 0) is 38.8 Å². The SMILES string of the molecule is CC(C)(O)C1CCCN1C(=O)c1cccc2c1OCC(=O)N2. The fourth-order valence-corrected chi connectivity index (χ4v) is 3.18. The predicted octanol–water partition coefficient (Wildman–Crippen LogP) is 1.39. The molecule has 0 aliphatic carbocycles. The molecule has 1 unspecified atom stereocenters. The summed E-state index contributed by atoms with van der Waals surface area (Å²) < 4.78 is 5.45. The smallest absolute Gasteiger partial charge is 0.262 e. The fourth-order valence-electron chi connectivity index (χ4n) is 3.18. The molecule has 1 fully saturated rings. The lowest BCUT2D eigenvalue weighted by Crippen LogP contribution is -2.48. The summed E-state index contributed by atoms with van der Waals surface area (Å²) in [6.07, 6.45) is 1.65. The van der Waals surface area contributed by atoms with Gasteiger partial charge in [0.15, 0.2) is 12.4 Å². The van der Waals surface area contributed by atoms with E-state index in [2.05, 4.69) is 5.32 Å². The molecule has 6 heteroatoms.